The number of nitrogens with zero attached hydrogens (tertiary/aromatic N) is 2. The van der Waals surface area contributed by atoms with Gasteiger partial charge in [0.2, 0.25) is 0 Å². The van der Waals surface area contributed by atoms with E-state index < -0.39 is 17.4 Å². The molecule has 2 N–H and O–H groups in total. The molecular formula is C15H16N4O3. The molecule has 3 rings (SSSR count). The molecule has 2 amide bonds. The van der Waals surface area contributed by atoms with Gasteiger partial charge in [-0.15, -0.1) is 0 Å². The van der Waals surface area contributed by atoms with Gasteiger partial charge in [0.05, 0.1) is 5.69 Å². The Morgan fingerprint density at radius 2 is 2.14 bits per heavy atom. The predicted molar refractivity (Wildman–Crippen MR) is 80.7 cm³/mol. The molecule has 0 spiro atoms. The number of fused-ring (bicyclic) bond motifs is 1. The summed E-state index contributed by atoms with van der Waals surface area (Å²) < 4.78 is 7.28. The minimum Gasteiger partial charge on any atom is -0.466 e. The van der Waals surface area contributed by atoms with E-state index in [-0.39, 0.29) is 0 Å². The first-order valence-corrected chi connectivity index (χ1v) is 6.82. The molecule has 2 heterocycles. The van der Waals surface area contributed by atoms with Gasteiger partial charge in [0.25, 0.3) is 17.4 Å². The molecule has 1 unspecified atom stereocenters. The Labute approximate surface area is 127 Å². The van der Waals surface area contributed by atoms with Crippen molar-refractivity contribution < 1.29 is 14.3 Å². The Hall–Kier alpha value is -2.83. The number of hydrogen-bond donors (Lipinski definition) is 2. The molecule has 0 fully saturated rings. The van der Waals surface area contributed by atoms with E-state index >= 15 is 0 Å². The fourth-order valence-corrected chi connectivity index (χ4v) is 2.17. The predicted octanol–water partition coefficient (Wildman–Crippen LogP) is 1.46. The molecule has 0 bridgehead atoms. The average molecular weight is 300 g/mol. The lowest BCUT2D eigenvalue weighted by atomic mass is 10.0. The first kappa shape index (κ1) is 14.1. The van der Waals surface area contributed by atoms with Gasteiger partial charge in [0, 0.05) is 18.8 Å². The van der Waals surface area contributed by atoms with Crippen LogP contribution in [0.3, 0.4) is 0 Å². The summed E-state index contributed by atoms with van der Waals surface area (Å²) in [4.78, 5) is 24.7. The van der Waals surface area contributed by atoms with Crippen LogP contribution in [-0.4, -0.2) is 27.2 Å². The number of para-hydroxylation sites is 2. The quantitative estimate of drug-likeness (QED) is 0.822. The molecule has 7 nitrogen and oxygen atoms in total. The molecule has 0 saturated carbocycles. The zero-order chi connectivity index (χ0) is 15.9. The maximum atomic E-state index is 12.5. The molecule has 7 heteroatoms. The van der Waals surface area contributed by atoms with Gasteiger partial charge in [0.15, 0.2) is 5.82 Å². The van der Waals surface area contributed by atoms with Crippen LogP contribution in [0.25, 0.3) is 0 Å². The second-order valence-corrected chi connectivity index (χ2v) is 5.33. The number of carbonyl (C=O) groups is 2. The van der Waals surface area contributed by atoms with E-state index in [0.717, 1.165) is 5.69 Å². The number of hydrogen-bond acceptors (Lipinski definition) is 4. The maximum absolute atomic E-state index is 12.5. The standard InChI is InChI=1S/C15H16N4O3/c1-9-8-12(18-19(9)3)17-14(21)15(2)13(20)16-10-6-4-5-7-11(10)22-15/h4-8H,1-3H3,(H,16,20)(H,17,18,21). The van der Waals surface area contributed by atoms with Crippen molar-refractivity contribution in [2.45, 2.75) is 19.4 Å². The summed E-state index contributed by atoms with van der Waals surface area (Å²) in [6, 6.07) is 8.69. The Kier molecular flexibility index (Phi) is 3.13. The number of carbonyl (C=O) groups excluding carboxylic acids is 2. The highest BCUT2D eigenvalue weighted by Crippen LogP contribution is 2.33. The van der Waals surface area contributed by atoms with Crippen molar-refractivity contribution in [2.24, 2.45) is 7.05 Å². The second kappa shape index (κ2) is 4.87. The molecule has 114 valence electrons. The topological polar surface area (TPSA) is 85.2 Å². The number of aromatic nitrogens is 2. The van der Waals surface area contributed by atoms with Crippen LogP contribution in [0.4, 0.5) is 11.5 Å². The number of amides is 2. The van der Waals surface area contributed by atoms with Crippen molar-refractivity contribution in [3.05, 3.63) is 36.0 Å². The molecule has 1 atom stereocenters. The summed E-state index contributed by atoms with van der Waals surface area (Å²) in [6.45, 7) is 3.30. The fourth-order valence-electron chi connectivity index (χ4n) is 2.17. The summed E-state index contributed by atoms with van der Waals surface area (Å²) in [5.74, 6) is -0.257. The Balaban J connectivity index is 1.86. The molecule has 0 aliphatic carbocycles. The van der Waals surface area contributed by atoms with E-state index in [1.54, 1.807) is 42.1 Å². The molecular weight excluding hydrogens is 284 g/mol. The third kappa shape index (κ3) is 2.20. The summed E-state index contributed by atoms with van der Waals surface area (Å²) >= 11 is 0. The maximum Gasteiger partial charge on any atom is 0.279 e. The summed E-state index contributed by atoms with van der Waals surface area (Å²) in [7, 11) is 1.77. The minimum absolute atomic E-state index is 0.376. The number of nitrogens with one attached hydrogen (secondary N) is 2. The molecule has 1 aromatic heterocycles. The van der Waals surface area contributed by atoms with Crippen molar-refractivity contribution in [1.82, 2.24) is 9.78 Å². The summed E-state index contributed by atoms with van der Waals surface area (Å²) in [5.41, 5.74) is -0.217. The molecule has 1 aromatic carbocycles. The van der Waals surface area contributed by atoms with Gasteiger partial charge in [-0.05, 0) is 26.0 Å². The van der Waals surface area contributed by atoms with Gasteiger partial charge in [-0.2, -0.15) is 5.10 Å². The van der Waals surface area contributed by atoms with Crippen LogP contribution in [0, 0.1) is 6.92 Å². The fraction of sp³-hybridized carbons (Fsp3) is 0.267. The van der Waals surface area contributed by atoms with Gasteiger partial charge >= 0.3 is 0 Å². The van der Waals surface area contributed by atoms with Crippen LogP contribution >= 0.6 is 0 Å². The Morgan fingerprint density at radius 3 is 2.82 bits per heavy atom. The van der Waals surface area contributed by atoms with Gasteiger partial charge in [-0.1, -0.05) is 12.1 Å². The zero-order valence-corrected chi connectivity index (χ0v) is 12.5. The molecule has 1 aliphatic rings. The van der Waals surface area contributed by atoms with Gasteiger partial charge in [-0.25, -0.2) is 0 Å². The first-order valence-electron chi connectivity index (χ1n) is 6.82. The monoisotopic (exact) mass is 300 g/mol. The van der Waals surface area contributed by atoms with Crippen LogP contribution in [0.5, 0.6) is 5.75 Å². The summed E-state index contributed by atoms with van der Waals surface area (Å²) in [5, 5.41) is 9.44. The highest BCUT2D eigenvalue weighted by Gasteiger charge is 2.47. The van der Waals surface area contributed by atoms with Gasteiger partial charge in [0.1, 0.15) is 5.75 Å². The highest BCUT2D eigenvalue weighted by molar-refractivity contribution is 6.18. The van der Waals surface area contributed by atoms with Gasteiger partial charge in [-0.3, -0.25) is 14.3 Å². The minimum atomic E-state index is -1.65. The number of anilines is 2. The lowest BCUT2D eigenvalue weighted by Gasteiger charge is -2.32. The van der Waals surface area contributed by atoms with E-state index in [9.17, 15) is 9.59 Å². The number of benzene rings is 1. The third-order valence-electron chi connectivity index (χ3n) is 3.67. The lowest BCUT2D eigenvalue weighted by molar-refractivity contribution is -0.143. The molecule has 0 radical (unpaired) electrons. The van der Waals surface area contributed by atoms with E-state index in [1.807, 2.05) is 6.92 Å². The molecule has 22 heavy (non-hydrogen) atoms. The van der Waals surface area contributed by atoms with Crippen molar-refractivity contribution in [1.29, 1.82) is 0 Å². The van der Waals surface area contributed by atoms with Crippen LogP contribution < -0.4 is 15.4 Å². The second-order valence-electron chi connectivity index (χ2n) is 5.33. The molecule has 0 saturated heterocycles. The lowest BCUT2D eigenvalue weighted by Crippen LogP contribution is -2.56. The van der Waals surface area contributed by atoms with Crippen LogP contribution in [0.1, 0.15) is 12.6 Å². The highest BCUT2D eigenvalue weighted by atomic mass is 16.5. The number of ether oxygens (including phenoxy) is 1. The normalized spacial score (nSPS) is 19.9. The van der Waals surface area contributed by atoms with Crippen molar-refractivity contribution in [3.63, 3.8) is 0 Å². The van der Waals surface area contributed by atoms with Crippen LogP contribution in [0.2, 0.25) is 0 Å². The average Bonchev–Trinajstić information content (AvgIpc) is 2.78. The molecule has 2 aromatic rings. The Bertz CT molecular complexity index is 748. The van der Waals surface area contributed by atoms with Crippen molar-refractivity contribution >= 4 is 23.3 Å². The van der Waals surface area contributed by atoms with E-state index in [1.165, 1.54) is 6.92 Å². The smallest absolute Gasteiger partial charge is 0.279 e. The number of aryl methyl sites for hydroxylation is 2. The van der Waals surface area contributed by atoms with Gasteiger partial charge < -0.3 is 15.4 Å². The van der Waals surface area contributed by atoms with Crippen molar-refractivity contribution in [3.8, 4) is 5.75 Å². The number of rotatable bonds is 2. The first-order chi connectivity index (χ1) is 10.4. The zero-order valence-electron chi connectivity index (χ0n) is 12.5. The SMILES string of the molecule is Cc1cc(NC(=O)C2(C)Oc3ccccc3NC2=O)nn1C. The third-order valence-corrected chi connectivity index (χ3v) is 3.67. The molecule has 1 aliphatic heterocycles. The Morgan fingerprint density at radius 1 is 1.41 bits per heavy atom. The largest absolute Gasteiger partial charge is 0.466 e. The van der Waals surface area contributed by atoms with E-state index in [2.05, 4.69) is 15.7 Å². The van der Waals surface area contributed by atoms with Crippen LogP contribution in [-0.2, 0) is 16.6 Å². The van der Waals surface area contributed by atoms with E-state index in [4.69, 9.17) is 4.74 Å². The van der Waals surface area contributed by atoms with Crippen molar-refractivity contribution in [2.75, 3.05) is 10.6 Å². The van der Waals surface area contributed by atoms with E-state index in [0.29, 0.717) is 17.3 Å². The summed E-state index contributed by atoms with van der Waals surface area (Å²) in [6.07, 6.45) is 0. The van der Waals surface area contributed by atoms with Crippen LogP contribution in [0.15, 0.2) is 30.3 Å².